The second-order valence-corrected chi connectivity index (χ2v) is 10.4. The highest BCUT2D eigenvalue weighted by Gasteiger charge is 2.61. The molecule has 0 aromatic carbocycles. The van der Waals surface area contributed by atoms with E-state index >= 15 is 0 Å². The second-order valence-electron chi connectivity index (χ2n) is 8.04. The van der Waals surface area contributed by atoms with Gasteiger partial charge in [0.2, 0.25) is 5.82 Å². The summed E-state index contributed by atoms with van der Waals surface area (Å²) in [4.78, 5) is 9.85. The number of hydrogen-bond donors (Lipinski definition) is 0. The molecule has 6 nitrogen and oxygen atoms in total. The van der Waals surface area contributed by atoms with Gasteiger partial charge in [-0.25, -0.2) is 4.98 Å². The lowest BCUT2D eigenvalue weighted by atomic mass is 10.0. The molecule has 1 aliphatic carbocycles. The number of thioether (sulfide) groups is 1. The van der Waals surface area contributed by atoms with Crippen LogP contribution in [-0.2, 0) is 12.5 Å². The molecule has 5 rings (SSSR count). The van der Waals surface area contributed by atoms with Crippen LogP contribution in [0.5, 0.6) is 0 Å². The molecule has 0 radical (unpaired) electrons. The molecule has 2 aliphatic rings. The van der Waals surface area contributed by atoms with Crippen molar-refractivity contribution in [2.75, 3.05) is 25.4 Å². The predicted molar refractivity (Wildman–Crippen MR) is 112 cm³/mol. The van der Waals surface area contributed by atoms with Gasteiger partial charge in [-0.1, -0.05) is 11.8 Å². The lowest BCUT2D eigenvalue weighted by molar-refractivity contribution is 0.300. The van der Waals surface area contributed by atoms with E-state index in [9.17, 15) is 0 Å². The fourth-order valence-corrected chi connectivity index (χ4v) is 6.42. The Balaban J connectivity index is 1.12. The summed E-state index contributed by atoms with van der Waals surface area (Å²) in [5.41, 5.74) is 1.33. The van der Waals surface area contributed by atoms with E-state index in [4.69, 9.17) is 4.42 Å². The van der Waals surface area contributed by atoms with E-state index in [1.165, 1.54) is 43.7 Å². The van der Waals surface area contributed by atoms with Crippen LogP contribution in [0.15, 0.2) is 28.1 Å². The molecule has 1 saturated carbocycles. The third kappa shape index (κ3) is 3.11. The molecule has 3 aromatic rings. The van der Waals surface area contributed by atoms with Crippen LogP contribution in [0.4, 0.5) is 0 Å². The number of fused-ring (bicyclic) bond motifs is 1. The van der Waals surface area contributed by atoms with Crippen molar-refractivity contribution in [2.45, 2.75) is 37.3 Å². The van der Waals surface area contributed by atoms with Crippen LogP contribution < -0.4 is 0 Å². The molecule has 28 heavy (non-hydrogen) atoms. The first-order valence-corrected chi connectivity index (χ1v) is 11.6. The quantitative estimate of drug-likeness (QED) is 0.431. The minimum Gasteiger partial charge on any atom is -0.440 e. The van der Waals surface area contributed by atoms with Gasteiger partial charge in [0.05, 0.1) is 5.69 Å². The first-order valence-electron chi connectivity index (χ1n) is 9.79. The number of rotatable bonds is 7. The maximum absolute atomic E-state index is 5.45. The number of hydrogen-bond acceptors (Lipinski definition) is 7. The zero-order chi connectivity index (χ0) is 19.3. The molecule has 1 aliphatic heterocycles. The number of likely N-dealkylation sites (tertiary alicyclic amines) is 1. The van der Waals surface area contributed by atoms with Gasteiger partial charge in [-0.15, -0.1) is 21.5 Å². The van der Waals surface area contributed by atoms with Crippen molar-refractivity contribution >= 4 is 23.1 Å². The maximum atomic E-state index is 5.45. The minimum atomic E-state index is 0.486. The van der Waals surface area contributed by atoms with Crippen LogP contribution >= 0.6 is 23.1 Å². The summed E-state index contributed by atoms with van der Waals surface area (Å²) in [5, 5.41) is 9.55. The number of thiophene rings is 1. The topological polar surface area (TPSA) is 60.0 Å². The van der Waals surface area contributed by atoms with Gasteiger partial charge < -0.3 is 13.9 Å². The smallest absolute Gasteiger partial charge is 0.202 e. The molecule has 8 heteroatoms. The molecule has 148 valence electrons. The zero-order valence-electron chi connectivity index (χ0n) is 16.5. The predicted octanol–water partition coefficient (Wildman–Crippen LogP) is 3.90. The van der Waals surface area contributed by atoms with E-state index < -0.39 is 0 Å². The monoisotopic (exact) mass is 415 g/mol. The highest BCUT2D eigenvalue weighted by Crippen LogP contribution is 2.60. The minimum absolute atomic E-state index is 0.486. The summed E-state index contributed by atoms with van der Waals surface area (Å²) in [7, 11) is 1.99. The summed E-state index contributed by atoms with van der Waals surface area (Å²) in [6.45, 7) is 7.81. The Morgan fingerprint density at radius 3 is 2.96 bits per heavy atom. The zero-order valence-corrected chi connectivity index (χ0v) is 18.1. The summed E-state index contributed by atoms with van der Waals surface area (Å²) >= 11 is 3.76. The van der Waals surface area contributed by atoms with E-state index in [0.29, 0.717) is 11.2 Å². The van der Waals surface area contributed by atoms with Crippen LogP contribution in [-0.4, -0.2) is 50.0 Å². The van der Waals surface area contributed by atoms with Crippen molar-refractivity contribution in [3.05, 3.63) is 34.0 Å². The molecule has 4 heterocycles. The lowest BCUT2D eigenvalue weighted by Gasteiger charge is -2.20. The Hall–Kier alpha value is -1.64. The van der Waals surface area contributed by atoms with Gasteiger partial charge in [0.1, 0.15) is 0 Å². The van der Waals surface area contributed by atoms with Crippen molar-refractivity contribution in [3.8, 4) is 11.6 Å². The van der Waals surface area contributed by atoms with E-state index in [1.54, 1.807) is 16.6 Å². The highest BCUT2D eigenvalue weighted by molar-refractivity contribution is 7.99. The molecule has 0 N–H and O–H groups in total. The summed E-state index contributed by atoms with van der Waals surface area (Å²) in [6.07, 6.45) is 4.01. The number of nitrogens with zero attached hydrogens (tertiary/aromatic N) is 5. The van der Waals surface area contributed by atoms with Crippen LogP contribution in [0.2, 0.25) is 0 Å². The van der Waals surface area contributed by atoms with Gasteiger partial charge in [-0.05, 0) is 51.3 Å². The molecular formula is C20H25N5OS2. The second kappa shape index (κ2) is 7.00. The molecule has 2 unspecified atom stereocenters. The number of oxazole rings is 1. The van der Waals surface area contributed by atoms with Crippen molar-refractivity contribution in [3.63, 3.8) is 0 Å². The highest BCUT2D eigenvalue weighted by atomic mass is 32.2. The Labute approximate surface area is 173 Å². The molecule has 0 spiro atoms. The normalized spacial score (nSPS) is 24.0. The van der Waals surface area contributed by atoms with E-state index in [1.807, 2.05) is 29.9 Å². The van der Waals surface area contributed by atoms with E-state index in [-0.39, 0.29) is 0 Å². The Morgan fingerprint density at radius 2 is 2.21 bits per heavy atom. The summed E-state index contributed by atoms with van der Waals surface area (Å²) in [6, 6.07) is 4.64. The first-order chi connectivity index (χ1) is 13.6. The summed E-state index contributed by atoms with van der Waals surface area (Å²) in [5.74, 6) is 3.37. The van der Waals surface area contributed by atoms with Crippen LogP contribution in [0.25, 0.3) is 11.6 Å². The fourth-order valence-electron chi connectivity index (χ4n) is 4.45. The van der Waals surface area contributed by atoms with E-state index in [0.717, 1.165) is 28.3 Å². The average molecular weight is 416 g/mol. The standard InChI is InChI=1S/C20H25N5OS2/c1-13-5-6-16(28-13)20-9-15(20)10-25(11-20)7-4-8-27-19-23-22-18(24(19)3)17-14(2)21-12-26-17/h5-6,12,15H,4,7-11H2,1-3H3. The number of aromatic nitrogens is 4. The van der Waals surface area contributed by atoms with Gasteiger partial charge in [-0.2, -0.15) is 0 Å². The van der Waals surface area contributed by atoms with Crippen LogP contribution in [0, 0.1) is 19.8 Å². The van der Waals surface area contributed by atoms with Gasteiger partial charge >= 0.3 is 0 Å². The van der Waals surface area contributed by atoms with Crippen molar-refractivity contribution in [2.24, 2.45) is 13.0 Å². The van der Waals surface area contributed by atoms with Gasteiger partial charge in [0.15, 0.2) is 17.3 Å². The number of aryl methyl sites for hydroxylation is 2. The SMILES string of the molecule is Cc1ccc(C23CC2CN(CCCSc2nnc(-c4ocnc4C)n2C)C3)s1. The maximum Gasteiger partial charge on any atom is 0.202 e. The first kappa shape index (κ1) is 18.4. The van der Waals surface area contributed by atoms with Crippen molar-refractivity contribution in [1.82, 2.24) is 24.6 Å². The molecule has 0 amide bonds. The molecule has 2 atom stereocenters. The van der Waals surface area contributed by atoms with Crippen LogP contribution in [0.3, 0.4) is 0 Å². The van der Waals surface area contributed by atoms with E-state index in [2.05, 4.69) is 39.1 Å². The van der Waals surface area contributed by atoms with Crippen molar-refractivity contribution < 1.29 is 4.42 Å². The molecule has 2 fully saturated rings. The Kier molecular flexibility index (Phi) is 4.60. The summed E-state index contributed by atoms with van der Waals surface area (Å²) < 4.78 is 7.45. The molecule has 1 saturated heterocycles. The van der Waals surface area contributed by atoms with Gasteiger partial charge in [-0.3, -0.25) is 0 Å². The Morgan fingerprint density at radius 1 is 1.32 bits per heavy atom. The Bertz CT molecular complexity index is 993. The largest absolute Gasteiger partial charge is 0.440 e. The third-order valence-electron chi connectivity index (χ3n) is 6.08. The molecular weight excluding hydrogens is 390 g/mol. The molecule has 3 aromatic heterocycles. The van der Waals surface area contributed by atoms with Gasteiger partial charge in [0.25, 0.3) is 0 Å². The lowest BCUT2D eigenvalue weighted by Crippen LogP contribution is -2.27. The van der Waals surface area contributed by atoms with Gasteiger partial charge in [0, 0.05) is 41.1 Å². The molecule has 0 bridgehead atoms. The van der Waals surface area contributed by atoms with Crippen molar-refractivity contribution in [1.29, 1.82) is 0 Å². The third-order valence-corrected chi connectivity index (χ3v) is 8.41. The average Bonchev–Trinajstić information content (AvgIpc) is 3.16. The number of piperidine rings is 1. The fraction of sp³-hybridized carbons (Fsp3) is 0.550. The van der Waals surface area contributed by atoms with Crippen LogP contribution in [0.1, 0.15) is 28.3 Å².